The topological polar surface area (TPSA) is 56.7 Å². The molecule has 4 nitrogen and oxygen atoms in total. The minimum absolute atomic E-state index is 0.294. The van der Waals surface area contributed by atoms with E-state index in [1.807, 2.05) is 13.0 Å². The number of rotatable bonds is 2. The molecule has 8 heteroatoms. The lowest BCUT2D eigenvalue weighted by atomic mass is 10.1. The van der Waals surface area contributed by atoms with E-state index in [0.29, 0.717) is 11.6 Å². The van der Waals surface area contributed by atoms with Crippen molar-refractivity contribution in [2.45, 2.75) is 36.8 Å². The van der Waals surface area contributed by atoms with E-state index in [0.717, 1.165) is 33.5 Å². The van der Waals surface area contributed by atoms with Crippen LogP contribution >= 0.6 is 12.6 Å². The Hall–Kier alpha value is -1.70. The zero-order chi connectivity index (χ0) is 15.4. The number of aromatic nitrogens is 3. The lowest BCUT2D eigenvalue weighted by Crippen LogP contribution is -2.09. The van der Waals surface area contributed by atoms with Gasteiger partial charge in [-0.2, -0.15) is 22.8 Å². The van der Waals surface area contributed by atoms with Crippen LogP contribution in [0.25, 0.3) is 5.69 Å². The quantitative estimate of drug-likeness (QED) is 0.836. The van der Waals surface area contributed by atoms with E-state index in [-0.39, 0.29) is 5.95 Å². The Morgan fingerprint density at radius 3 is 2.52 bits per heavy atom. The number of anilines is 1. The fourth-order valence-electron chi connectivity index (χ4n) is 2.28. The monoisotopic (exact) mass is 314 g/mol. The maximum atomic E-state index is 12.6. The van der Waals surface area contributed by atoms with Crippen LogP contribution in [0.15, 0.2) is 17.0 Å². The SMILES string of the molecule is Cc1cc(C2CC2)c(S)cc1-n1nc(C(F)(F)F)nc1N. The summed E-state index contributed by atoms with van der Waals surface area (Å²) in [5.41, 5.74) is 7.94. The van der Waals surface area contributed by atoms with Gasteiger partial charge in [0.1, 0.15) is 0 Å². The molecule has 1 saturated carbocycles. The summed E-state index contributed by atoms with van der Waals surface area (Å²) in [5, 5.41) is 3.46. The molecular weight excluding hydrogens is 301 g/mol. The van der Waals surface area contributed by atoms with E-state index in [2.05, 4.69) is 22.7 Å². The van der Waals surface area contributed by atoms with Crippen LogP contribution in [-0.2, 0) is 6.18 Å². The Balaban J connectivity index is 2.08. The second kappa shape index (κ2) is 4.66. The fourth-order valence-corrected chi connectivity index (χ4v) is 2.65. The summed E-state index contributed by atoms with van der Waals surface area (Å²) >= 11 is 4.42. The standard InChI is InChI=1S/C13H13F3N4S/c1-6-4-8(7-2-3-7)10(21)5-9(6)20-12(17)18-11(19-20)13(14,15)16/h4-5,7,21H,2-3H2,1H3,(H2,17,18,19). The molecule has 0 aliphatic heterocycles. The van der Waals surface area contributed by atoms with Gasteiger partial charge in [-0.25, -0.2) is 0 Å². The van der Waals surface area contributed by atoms with Gasteiger partial charge in [0.25, 0.3) is 5.82 Å². The molecule has 0 unspecified atom stereocenters. The molecule has 1 fully saturated rings. The van der Waals surface area contributed by atoms with Gasteiger partial charge >= 0.3 is 6.18 Å². The summed E-state index contributed by atoms with van der Waals surface area (Å²) in [4.78, 5) is 4.02. The first-order valence-corrected chi connectivity index (χ1v) is 6.85. The Morgan fingerprint density at radius 1 is 1.33 bits per heavy atom. The molecule has 1 aromatic heterocycles. The van der Waals surface area contributed by atoms with E-state index in [9.17, 15) is 13.2 Å². The Labute approximate surface area is 124 Å². The molecule has 1 aromatic carbocycles. The number of hydrogen-bond acceptors (Lipinski definition) is 4. The molecule has 2 aromatic rings. The van der Waals surface area contributed by atoms with Gasteiger partial charge in [-0.05, 0) is 42.9 Å². The zero-order valence-corrected chi connectivity index (χ0v) is 12.0. The third-order valence-corrected chi connectivity index (χ3v) is 3.86. The number of nitrogens with two attached hydrogens (primary N) is 1. The van der Waals surface area contributed by atoms with E-state index >= 15 is 0 Å². The normalized spacial score (nSPS) is 15.5. The summed E-state index contributed by atoms with van der Waals surface area (Å²) in [5.74, 6) is -1.03. The summed E-state index contributed by atoms with van der Waals surface area (Å²) < 4.78 is 38.9. The largest absolute Gasteiger partial charge is 0.453 e. The minimum Gasteiger partial charge on any atom is -0.368 e. The van der Waals surface area contributed by atoms with Crippen LogP contribution in [0.1, 0.15) is 35.7 Å². The van der Waals surface area contributed by atoms with Crippen LogP contribution in [0.5, 0.6) is 0 Å². The molecule has 0 radical (unpaired) electrons. The summed E-state index contributed by atoms with van der Waals surface area (Å²) in [6, 6.07) is 3.63. The van der Waals surface area contributed by atoms with E-state index in [1.165, 1.54) is 0 Å². The lowest BCUT2D eigenvalue weighted by molar-refractivity contribution is -0.144. The lowest BCUT2D eigenvalue weighted by Gasteiger charge is -2.11. The number of alkyl halides is 3. The molecule has 3 rings (SSSR count). The van der Waals surface area contributed by atoms with E-state index in [1.54, 1.807) is 6.07 Å². The molecule has 1 aliphatic carbocycles. The van der Waals surface area contributed by atoms with E-state index < -0.39 is 12.0 Å². The number of hydrogen-bond donors (Lipinski definition) is 2. The molecule has 1 heterocycles. The third kappa shape index (κ3) is 2.59. The van der Waals surface area contributed by atoms with Gasteiger partial charge in [0.2, 0.25) is 5.95 Å². The summed E-state index contributed by atoms with van der Waals surface area (Å²) in [6.45, 7) is 1.81. The molecule has 2 N–H and O–H groups in total. The molecular formula is C13H13F3N4S. The third-order valence-electron chi connectivity index (χ3n) is 3.48. The second-order valence-corrected chi connectivity index (χ2v) is 5.66. The van der Waals surface area contributed by atoms with Gasteiger partial charge in [-0.15, -0.1) is 17.7 Å². The van der Waals surface area contributed by atoms with Crippen molar-refractivity contribution in [3.05, 3.63) is 29.1 Å². The van der Waals surface area contributed by atoms with Crippen molar-refractivity contribution in [2.75, 3.05) is 5.73 Å². The van der Waals surface area contributed by atoms with Crippen molar-refractivity contribution >= 4 is 18.6 Å². The van der Waals surface area contributed by atoms with Gasteiger partial charge in [0.05, 0.1) is 5.69 Å². The number of thiol groups is 1. The van der Waals surface area contributed by atoms with Crippen LogP contribution in [-0.4, -0.2) is 14.8 Å². The van der Waals surface area contributed by atoms with Gasteiger partial charge < -0.3 is 5.73 Å². The number of halogens is 3. The first kappa shape index (κ1) is 14.2. The maximum absolute atomic E-state index is 12.6. The highest BCUT2D eigenvalue weighted by Crippen LogP contribution is 2.44. The number of nitrogens with zero attached hydrogens (tertiary/aromatic N) is 3. The van der Waals surface area contributed by atoms with Gasteiger partial charge in [-0.3, -0.25) is 0 Å². The van der Waals surface area contributed by atoms with Crippen LogP contribution in [0, 0.1) is 6.92 Å². The fraction of sp³-hybridized carbons (Fsp3) is 0.385. The predicted octanol–water partition coefficient (Wildman–Crippen LogP) is 3.34. The van der Waals surface area contributed by atoms with Crippen LogP contribution in [0.2, 0.25) is 0 Å². The summed E-state index contributed by atoms with van der Waals surface area (Å²) in [7, 11) is 0. The molecule has 0 saturated heterocycles. The average Bonchev–Trinajstić information content (AvgIpc) is 3.13. The van der Waals surface area contributed by atoms with Crippen molar-refractivity contribution in [1.82, 2.24) is 14.8 Å². The molecule has 0 bridgehead atoms. The van der Waals surface area contributed by atoms with Crippen molar-refractivity contribution in [2.24, 2.45) is 0 Å². The first-order chi connectivity index (χ1) is 9.77. The molecule has 0 atom stereocenters. The van der Waals surface area contributed by atoms with Crippen molar-refractivity contribution in [3.63, 3.8) is 0 Å². The first-order valence-electron chi connectivity index (χ1n) is 6.41. The van der Waals surface area contributed by atoms with E-state index in [4.69, 9.17) is 5.73 Å². The number of aryl methyl sites for hydroxylation is 1. The Morgan fingerprint density at radius 2 is 2.00 bits per heavy atom. The molecule has 0 amide bonds. The van der Waals surface area contributed by atoms with Crippen LogP contribution in [0.4, 0.5) is 19.1 Å². The van der Waals surface area contributed by atoms with Gasteiger partial charge in [0.15, 0.2) is 0 Å². The van der Waals surface area contributed by atoms with Gasteiger partial charge in [0, 0.05) is 4.90 Å². The second-order valence-electron chi connectivity index (χ2n) is 5.17. The highest BCUT2D eigenvalue weighted by Gasteiger charge is 2.37. The minimum atomic E-state index is -4.62. The molecule has 112 valence electrons. The number of benzene rings is 1. The Kier molecular flexibility index (Phi) is 3.16. The molecule has 21 heavy (non-hydrogen) atoms. The number of nitrogen functional groups attached to an aromatic ring is 1. The van der Waals surface area contributed by atoms with Crippen LogP contribution < -0.4 is 5.73 Å². The molecule has 1 aliphatic rings. The van der Waals surface area contributed by atoms with Crippen molar-refractivity contribution < 1.29 is 13.2 Å². The van der Waals surface area contributed by atoms with Crippen molar-refractivity contribution in [3.8, 4) is 5.69 Å². The molecule has 0 spiro atoms. The van der Waals surface area contributed by atoms with Gasteiger partial charge in [-0.1, -0.05) is 6.07 Å². The predicted molar refractivity (Wildman–Crippen MR) is 74.7 cm³/mol. The zero-order valence-electron chi connectivity index (χ0n) is 11.1. The summed E-state index contributed by atoms with van der Waals surface area (Å²) in [6.07, 6.45) is -2.38. The van der Waals surface area contributed by atoms with Crippen LogP contribution in [0.3, 0.4) is 0 Å². The highest BCUT2D eigenvalue weighted by atomic mass is 32.1. The maximum Gasteiger partial charge on any atom is 0.453 e. The average molecular weight is 314 g/mol. The van der Waals surface area contributed by atoms with Crippen molar-refractivity contribution in [1.29, 1.82) is 0 Å². The smallest absolute Gasteiger partial charge is 0.368 e. The Bertz CT molecular complexity index is 704. The highest BCUT2D eigenvalue weighted by molar-refractivity contribution is 7.80.